The maximum atomic E-state index is 14.1. The molecule has 3 rings (SSSR count). The standard InChI is InChI=1S/C41H61N7O8/c1-6-56-41(55)33(22-25(2)3)46-36(50)31(14-10-20-42)44-39(53)35(26(4)5)47-37(51)32(24-28-16-18-29(49)19-17-28)45-38(52)34-15-11-21-48(34)40(54)30(43)23-27-12-8-7-9-13-27/h7-9,12-13,16-19,25-26,30-35,49H,6,10-11,14-15,20-24,42-43H2,1-5H3,(H,44,53)(H,45,52)(H,46,50)(H,47,51)/t30-,31+,32-,33+,34+,35+/m1/s1. The summed E-state index contributed by atoms with van der Waals surface area (Å²) < 4.78 is 5.17. The number of carbonyl (C=O) groups excluding carboxylic acids is 6. The minimum Gasteiger partial charge on any atom is -0.508 e. The van der Waals surface area contributed by atoms with E-state index in [0.717, 1.165) is 5.56 Å². The lowest BCUT2D eigenvalue weighted by Gasteiger charge is -2.30. The lowest BCUT2D eigenvalue weighted by Crippen LogP contribution is -2.60. The number of nitrogens with zero attached hydrogens (tertiary/aromatic N) is 1. The molecule has 9 N–H and O–H groups in total. The van der Waals surface area contributed by atoms with Crippen molar-refractivity contribution < 1.29 is 38.6 Å². The van der Waals surface area contributed by atoms with Crippen LogP contribution in [0.2, 0.25) is 0 Å². The maximum absolute atomic E-state index is 14.1. The van der Waals surface area contributed by atoms with Gasteiger partial charge in [-0.1, -0.05) is 70.2 Å². The van der Waals surface area contributed by atoms with Crippen LogP contribution < -0.4 is 32.7 Å². The third kappa shape index (κ3) is 13.9. The lowest BCUT2D eigenvalue weighted by atomic mass is 9.99. The Balaban J connectivity index is 1.80. The highest BCUT2D eigenvalue weighted by Crippen LogP contribution is 2.20. The molecular weight excluding hydrogens is 718 g/mol. The highest BCUT2D eigenvalue weighted by molar-refractivity contribution is 5.96. The van der Waals surface area contributed by atoms with Crippen molar-refractivity contribution in [3.05, 3.63) is 65.7 Å². The second kappa shape index (κ2) is 22.5. The van der Waals surface area contributed by atoms with E-state index < -0.39 is 71.8 Å². The Hall–Kier alpha value is -5.02. The summed E-state index contributed by atoms with van der Waals surface area (Å²) in [4.78, 5) is 83.0. The summed E-state index contributed by atoms with van der Waals surface area (Å²) in [5.74, 6) is -3.75. The summed E-state index contributed by atoms with van der Waals surface area (Å²) in [6, 6.07) is 9.47. The zero-order valence-electron chi connectivity index (χ0n) is 33.3. The first-order chi connectivity index (χ1) is 26.6. The predicted octanol–water partition coefficient (Wildman–Crippen LogP) is 1.44. The molecule has 308 valence electrons. The Morgan fingerprint density at radius 2 is 1.45 bits per heavy atom. The van der Waals surface area contributed by atoms with E-state index >= 15 is 0 Å². The number of likely N-dealkylation sites (tertiary alicyclic amines) is 1. The summed E-state index contributed by atoms with van der Waals surface area (Å²) in [7, 11) is 0. The van der Waals surface area contributed by atoms with E-state index in [4.69, 9.17) is 16.2 Å². The molecule has 56 heavy (non-hydrogen) atoms. The Morgan fingerprint density at radius 3 is 2.05 bits per heavy atom. The molecule has 0 aromatic heterocycles. The van der Waals surface area contributed by atoms with Gasteiger partial charge in [-0.3, -0.25) is 24.0 Å². The van der Waals surface area contributed by atoms with E-state index in [1.807, 2.05) is 44.2 Å². The number of aromatic hydroxyl groups is 1. The van der Waals surface area contributed by atoms with Crippen molar-refractivity contribution in [1.29, 1.82) is 0 Å². The van der Waals surface area contributed by atoms with Crippen LogP contribution in [0, 0.1) is 11.8 Å². The Labute approximate surface area is 330 Å². The summed E-state index contributed by atoms with van der Waals surface area (Å²) in [6.07, 6.45) is 2.15. The van der Waals surface area contributed by atoms with Crippen molar-refractivity contribution in [3.8, 4) is 5.75 Å². The summed E-state index contributed by atoms with van der Waals surface area (Å²) in [5.41, 5.74) is 13.6. The van der Waals surface area contributed by atoms with Crippen LogP contribution in [-0.2, 0) is 46.3 Å². The number of hydrogen-bond acceptors (Lipinski definition) is 10. The van der Waals surface area contributed by atoms with Gasteiger partial charge in [0.15, 0.2) is 0 Å². The molecule has 15 heteroatoms. The second-order valence-electron chi connectivity index (χ2n) is 15.1. The highest BCUT2D eigenvalue weighted by atomic mass is 16.5. The number of hydrogen-bond donors (Lipinski definition) is 7. The van der Waals surface area contributed by atoms with E-state index in [1.165, 1.54) is 17.0 Å². The first-order valence-electron chi connectivity index (χ1n) is 19.6. The molecule has 6 atom stereocenters. The predicted molar refractivity (Wildman–Crippen MR) is 212 cm³/mol. The van der Waals surface area contributed by atoms with Gasteiger partial charge < -0.3 is 47.5 Å². The minimum atomic E-state index is -1.19. The molecular formula is C41H61N7O8. The van der Waals surface area contributed by atoms with Crippen LogP contribution in [-0.4, -0.2) is 101 Å². The summed E-state index contributed by atoms with van der Waals surface area (Å²) in [6.45, 7) is 9.67. The fourth-order valence-corrected chi connectivity index (χ4v) is 6.66. The molecule has 15 nitrogen and oxygen atoms in total. The van der Waals surface area contributed by atoms with Crippen molar-refractivity contribution in [2.75, 3.05) is 19.7 Å². The first kappa shape index (κ1) is 45.4. The van der Waals surface area contributed by atoms with Gasteiger partial charge in [0.2, 0.25) is 29.5 Å². The van der Waals surface area contributed by atoms with Crippen LogP contribution in [0.1, 0.15) is 77.8 Å². The van der Waals surface area contributed by atoms with Gasteiger partial charge in [-0.15, -0.1) is 0 Å². The van der Waals surface area contributed by atoms with Gasteiger partial charge in [-0.2, -0.15) is 0 Å². The molecule has 2 aromatic carbocycles. The van der Waals surface area contributed by atoms with Crippen molar-refractivity contribution in [2.45, 2.75) is 116 Å². The number of phenols is 1. The molecule has 0 saturated carbocycles. The van der Waals surface area contributed by atoms with Crippen molar-refractivity contribution >= 4 is 35.5 Å². The van der Waals surface area contributed by atoms with Crippen LogP contribution in [0.5, 0.6) is 5.75 Å². The molecule has 1 saturated heterocycles. The fourth-order valence-electron chi connectivity index (χ4n) is 6.66. The van der Waals surface area contributed by atoms with Crippen LogP contribution in [0.25, 0.3) is 0 Å². The second-order valence-corrected chi connectivity index (χ2v) is 15.1. The first-order valence-corrected chi connectivity index (χ1v) is 19.6. The van der Waals surface area contributed by atoms with Crippen LogP contribution in [0.4, 0.5) is 0 Å². The highest BCUT2D eigenvalue weighted by Gasteiger charge is 2.39. The largest absolute Gasteiger partial charge is 0.508 e. The van der Waals surface area contributed by atoms with E-state index in [-0.39, 0.29) is 43.6 Å². The molecule has 0 bridgehead atoms. The van der Waals surface area contributed by atoms with Crippen LogP contribution >= 0.6 is 0 Å². The van der Waals surface area contributed by atoms with E-state index in [9.17, 15) is 33.9 Å². The SMILES string of the molecule is CCOC(=O)[C@H](CC(C)C)NC(=O)[C@H](CCCN)NC(=O)[C@@H](NC(=O)[C@@H](Cc1ccc(O)cc1)NC(=O)[C@@H]1CCCN1C(=O)[C@H](N)Cc1ccccc1)C(C)C. The molecule has 2 aromatic rings. The number of rotatable bonds is 21. The maximum Gasteiger partial charge on any atom is 0.328 e. The molecule has 0 unspecified atom stereocenters. The van der Waals surface area contributed by atoms with E-state index in [1.54, 1.807) is 32.9 Å². The molecule has 5 amide bonds. The number of amides is 5. The topological polar surface area (TPSA) is 235 Å². The number of carbonyl (C=O) groups is 6. The molecule has 0 radical (unpaired) electrons. The minimum absolute atomic E-state index is 0.00506. The average molecular weight is 780 g/mol. The Kier molecular flexibility index (Phi) is 18.2. The third-order valence-corrected chi connectivity index (χ3v) is 9.63. The quantitative estimate of drug-likeness (QED) is 0.0901. The summed E-state index contributed by atoms with van der Waals surface area (Å²) in [5, 5.41) is 20.9. The Bertz CT molecular complexity index is 1600. The van der Waals surface area contributed by atoms with Crippen molar-refractivity contribution in [2.24, 2.45) is 23.3 Å². The number of ether oxygens (including phenoxy) is 1. The van der Waals surface area contributed by atoms with Crippen molar-refractivity contribution in [1.82, 2.24) is 26.2 Å². The smallest absolute Gasteiger partial charge is 0.328 e. The number of esters is 1. The van der Waals surface area contributed by atoms with Crippen molar-refractivity contribution in [3.63, 3.8) is 0 Å². The van der Waals surface area contributed by atoms with E-state index in [0.29, 0.717) is 44.2 Å². The van der Waals surface area contributed by atoms with Gasteiger partial charge in [0.1, 0.15) is 36.0 Å². The average Bonchev–Trinajstić information content (AvgIpc) is 3.66. The molecule has 0 aliphatic carbocycles. The lowest BCUT2D eigenvalue weighted by molar-refractivity contribution is -0.148. The normalized spacial score (nSPS) is 16.7. The zero-order chi connectivity index (χ0) is 41.4. The zero-order valence-corrected chi connectivity index (χ0v) is 33.3. The molecule has 1 aliphatic rings. The van der Waals surface area contributed by atoms with Gasteiger partial charge in [0.05, 0.1) is 12.6 Å². The van der Waals surface area contributed by atoms with Gasteiger partial charge >= 0.3 is 5.97 Å². The van der Waals surface area contributed by atoms with Gasteiger partial charge in [-0.25, -0.2) is 4.79 Å². The molecule has 1 fully saturated rings. The van der Waals surface area contributed by atoms with Crippen LogP contribution in [0.15, 0.2) is 54.6 Å². The molecule has 1 heterocycles. The number of nitrogens with one attached hydrogen (secondary N) is 4. The van der Waals surface area contributed by atoms with Crippen LogP contribution in [0.3, 0.4) is 0 Å². The van der Waals surface area contributed by atoms with Gasteiger partial charge in [0.25, 0.3) is 0 Å². The monoisotopic (exact) mass is 779 g/mol. The summed E-state index contributed by atoms with van der Waals surface area (Å²) >= 11 is 0. The number of nitrogens with two attached hydrogens (primary N) is 2. The number of benzene rings is 2. The van der Waals surface area contributed by atoms with Gasteiger partial charge in [-0.05, 0) is 87.1 Å². The number of phenolic OH excluding ortho intramolecular Hbond substituents is 1. The fraction of sp³-hybridized carbons (Fsp3) is 0.561. The van der Waals surface area contributed by atoms with Gasteiger partial charge in [0, 0.05) is 13.0 Å². The van der Waals surface area contributed by atoms with E-state index in [2.05, 4.69) is 21.3 Å². The third-order valence-electron chi connectivity index (χ3n) is 9.63. The molecule has 0 spiro atoms. The Morgan fingerprint density at radius 1 is 0.821 bits per heavy atom. The molecule has 1 aliphatic heterocycles.